The molecule has 0 aromatic heterocycles. The van der Waals surface area contributed by atoms with Crippen LogP contribution in [0.5, 0.6) is 11.5 Å². The molecule has 6 aromatic carbocycles. The summed E-state index contributed by atoms with van der Waals surface area (Å²) < 4.78 is 12.5. The van der Waals surface area contributed by atoms with Gasteiger partial charge in [-0.2, -0.15) is 5.26 Å². The number of amides is 2. The molecular weight excluding hydrogens is 847 g/mol. The zero-order chi connectivity index (χ0) is 45.1. The van der Waals surface area contributed by atoms with E-state index in [1.54, 1.807) is 55.3 Å². The number of fused-ring (bicyclic) bond motifs is 2. The first-order valence-corrected chi connectivity index (χ1v) is 21.8. The molecule has 2 unspecified atom stereocenters. The van der Waals surface area contributed by atoms with Gasteiger partial charge in [0.2, 0.25) is 12.0 Å². The highest BCUT2D eigenvalue weighted by Crippen LogP contribution is 2.44. The standard InChI is InChI=1S/C52H46Cl2N4O6/c1-4-44(37-8-6-5-7-9-37)58-30-40-27-47-45(57(3)50(60)48(64-47)38-19-21-41(22-20-38)63-31-34-14-23-42(53)43(54)24-34)25-39(40)26-46(58)49(59)56-52(2,51(61)62)28-32-10-15-35(16-11-32)36-17-12-33(29-55)13-18-36/h5-25,27,44,46,48H,4,26,28,30-31H2,1-3H3,(H,56,59)(H,61,62)/t44-,46?,48?,52-/m0/s1. The first kappa shape index (κ1) is 44.0. The lowest BCUT2D eigenvalue weighted by Gasteiger charge is -2.43. The van der Waals surface area contributed by atoms with Crippen LogP contribution in [0.3, 0.4) is 0 Å². The predicted octanol–water partition coefficient (Wildman–Crippen LogP) is 10.3. The number of benzene rings is 6. The third-order valence-electron chi connectivity index (χ3n) is 12.2. The summed E-state index contributed by atoms with van der Waals surface area (Å²) >= 11 is 12.2. The largest absolute Gasteiger partial charge is 0.489 e. The second kappa shape index (κ2) is 18.6. The van der Waals surface area contributed by atoms with Crippen molar-refractivity contribution in [1.29, 1.82) is 5.26 Å². The number of likely N-dealkylation sites (N-methyl/N-ethyl adjacent to an activating group) is 1. The van der Waals surface area contributed by atoms with Gasteiger partial charge in [0.15, 0.2) is 0 Å². The molecule has 0 saturated carbocycles. The SMILES string of the molecule is CC[C@@H](c1ccccc1)N1Cc2cc3c(cc2CC1C(=O)N[C@@](C)(Cc1ccc(-c2ccc(C#N)cc2)cc1)C(=O)O)N(C)C(=O)C(c1ccc(OCc2ccc(Cl)c(Cl)c2)cc1)O3. The van der Waals surface area contributed by atoms with Gasteiger partial charge >= 0.3 is 5.97 Å². The fourth-order valence-electron chi connectivity index (χ4n) is 8.59. The summed E-state index contributed by atoms with van der Waals surface area (Å²) in [6.45, 7) is 4.29. The molecule has 10 nitrogen and oxygen atoms in total. The molecule has 8 rings (SSSR count). The molecule has 2 N–H and O–H groups in total. The van der Waals surface area contributed by atoms with Crippen molar-refractivity contribution in [3.05, 3.63) is 182 Å². The molecule has 2 heterocycles. The number of nitriles is 1. The average molecular weight is 894 g/mol. The Hall–Kier alpha value is -6.64. The number of ether oxygens (including phenoxy) is 2. The molecule has 324 valence electrons. The first-order chi connectivity index (χ1) is 30.8. The topological polar surface area (TPSA) is 132 Å². The zero-order valence-corrected chi connectivity index (χ0v) is 37.1. The minimum atomic E-state index is -1.63. The van der Waals surface area contributed by atoms with Gasteiger partial charge in [0.05, 0.1) is 33.4 Å². The summed E-state index contributed by atoms with van der Waals surface area (Å²) in [6.07, 6.45) is 0.126. The summed E-state index contributed by atoms with van der Waals surface area (Å²) in [6, 6.07) is 42.5. The molecule has 2 aliphatic heterocycles. The van der Waals surface area contributed by atoms with E-state index in [-0.39, 0.29) is 31.4 Å². The highest BCUT2D eigenvalue weighted by atomic mass is 35.5. The van der Waals surface area contributed by atoms with Crippen LogP contribution in [0.15, 0.2) is 133 Å². The number of carbonyl (C=O) groups excluding carboxylic acids is 2. The van der Waals surface area contributed by atoms with Crippen molar-refractivity contribution in [2.45, 2.75) is 70.0 Å². The Kier molecular flexibility index (Phi) is 12.8. The van der Waals surface area contributed by atoms with Gasteiger partial charge in [-0.3, -0.25) is 14.5 Å². The van der Waals surface area contributed by atoms with Crippen LogP contribution in [-0.2, 0) is 40.4 Å². The van der Waals surface area contributed by atoms with Crippen LogP contribution in [0.4, 0.5) is 5.69 Å². The van der Waals surface area contributed by atoms with Crippen molar-refractivity contribution in [3.63, 3.8) is 0 Å². The number of aliphatic carboxylic acids is 1. The molecular formula is C52H46Cl2N4O6. The van der Waals surface area contributed by atoms with Crippen LogP contribution >= 0.6 is 23.2 Å². The summed E-state index contributed by atoms with van der Waals surface area (Å²) in [5, 5.41) is 23.7. The van der Waals surface area contributed by atoms with Crippen LogP contribution < -0.4 is 19.7 Å². The maximum absolute atomic E-state index is 14.7. The van der Waals surface area contributed by atoms with Gasteiger partial charge < -0.3 is 24.8 Å². The van der Waals surface area contributed by atoms with E-state index < -0.39 is 29.6 Å². The van der Waals surface area contributed by atoms with Gasteiger partial charge in [-0.1, -0.05) is 115 Å². The number of hydrogen-bond donors (Lipinski definition) is 2. The third-order valence-corrected chi connectivity index (χ3v) is 12.9. The monoisotopic (exact) mass is 892 g/mol. The van der Waals surface area contributed by atoms with Gasteiger partial charge in [-0.15, -0.1) is 0 Å². The lowest BCUT2D eigenvalue weighted by molar-refractivity contribution is -0.148. The number of carbonyl (C=O) groups is 3. The van der Waals surface area contributed by atoms with Gasteiger partial charge in [0.25, 0.3) is 5.91 Å². The van der Waals surface area contributed by atoms with Crippen molar-refractivity contribution in [2.75, 3.05) is 11.9 Å². The maximum Gasteiger partial charge on any atom is 0.329 e. The lowest BCUT2D eigenvalue weighted by Crippen LogP contribution is -2.60. The molecule has 0 spiro atoms. The van der Waals surface area contributed by atoms with E-state index in [1.165, 1.54) is 0 Å². The average Bonchev–Trinajstić information content (AvgIpc) is 3.31. The number of carboxylic acid groups (broad SMARTS) is 1. The second-order valence-electron chi connectivity index (χ2n) is 16.5. The highest BCUT2D eigenvalue weighted by Gasteiger charge is 2.43. The summed E-state index contributed by atoms with van der Waals surface area (Å²) in [5.74, 6) is -0.642. The number of carboxylic acids is 1. The van der Waals surface area contributed by atoms with Crippen molar-refractivity contribution in [1.82, 2.24) is 10.2 Å². The van der Waals surface area contributed by atoms with E-state index in [2.05, 4.69) is 23.2 Å². The molecule has 0 aliphatic carbocycles. The fourth-order valence-corrected chi connectivity index (χ4v) is 8.91. The number of nitrogens with zero attached hydrogens (tertiary/aromatic N) is 3. The smallest absolute Gasteiger partial charge is 0.329 e. The van der Waals surface area contributed by atoms with Crippen LogP contribution in [-0.4, -0.2) is 46.4 Å². The molecule has 0 saturated heterocycles. The van der Waals surface area contributed by atoms with E-state index in [4.69, 9.17) is 32.7 Å². The van der Waals surface area contributed by atoms with E-state index in [0.29, 0.717) is 51.3 Å². The number of hydrogen-bond acceptors (Lipinski definition) is 7. The van der Waals surface area contributed by atoms with E-state index >= 15 is 0 Å². The molecule has 64 heavy (non-hydrogen) atoms. The Balaban J connectivity index is 1.04. The van der Waals surface area contributed by atoms with Gasteiger partial charge in [-0.25, -0.2) is 4.79 Å². The second-order valence-corrected chi connectivity index (χ2v) is 17.3. The molecule has 0 radical (unpaired) electrons. The minimum absolute atomic E-state index is 0.0499. The number of rotatable bonds is 13. The van der Waals surface area contributed by atoms with Crippen molar-refractivity contribution in [3.8, 4) is 28.7 Å². The van der Waals surface area contributed by atoms with Crippen LogP contribution in [0.2, 0.25) is 10.0 Å². The first-order valence-electron chi connectivity index (χ1n) is 21.1. The summed E-state index contributed by atoms with van der Waals surface area (Å²) in [5.41, 5.74) is 6.51. The van der Waals surface area contributed by atoms with Crippen molar-refractivity contribution < 1.29 is 29.0 Å². The maximum atomic E-state index is 14.7. The Morgan fingerprint density at radius 1 is 0.891 bits per heavy atom. The molecule has 2 amide bonds. The van der Waals surface area contributed by atoms with Gasteiger partial charge in [0, 0.05) is 31.6 Å². The van der Waals surface area contributed by atoms with E-state index in [1.807, 2.05) is 97.1 Å². The molecule has 0 bridgehead atoms. The quantitative estimate of drug-likeness (QED) is 0.117. The van der Waals surface area contributed by atoms with Crippen LogP contribution in [0, 0.1) is 11.3 Å². The van der Waals surface area contributed by atoms with E-state index in [9.17, 15) is 24.8 Å². The fraction of sp³-hybridized carbons (Fsp3) is 0.231. The highest BCUT2D eigenvalue weighted by molar-refractivity contribution is 6.42. The number of anilines is 1. The number of halogens is 2. The minimum Gasteiger partial charge on any atom is -0.489 e. The molecule has 4 atom stereocenters. The zero-order valence-electron chi connectivity index (χ0n) is 35.6. The van der Waals surface area contributed by atoms with Gasteiger partial charge in [-0.05, 0) is 107 Å². The van der Waals surface area contributed by atoms with Crippen molar-refractivity contribution >= 4 is 46.7 Å². The number of nitrogens with one attached hydrogen (secondary N) is 1. The van der Waals surface area contributed by atoms with E-state index in [0.717, 1.165) is 38.9 Å². The van der Waals surface area contributed by atoms with Gasteiger partial charge in [0.1, 0.15) is 23.6 Å². The molecule has 2 aliphatic rings. The summed E-state index contributed by atoms with van der Waals surface area (Å²) in [4.78, 5) is 45.4. The lowest BCUT2D eigenvalue weighted by atomic mass is 9.87. The Bertz CT molecular complexity index is 2740. The Labute approximate surface area is 382 Å². The normalized spacial score (nSPS) is 17.2. The molecule has 6 aromatic rings. The van der Waals surface area contributed by atoms with Crippen LogP contribution in [0.25, 0.3) is 11.1 Å². The Morgan fingerprint density at radius 3 is 2.20 bits per heavy atom. The molecule has 12 heteroatoms. The van der Waals surface area contributed by atoms with Crippen molar-refractivity contribution in [2.24, 2.45) is 0 Å². The summed E-state index contributed by atoms with van der Waals surface area (Å²) in [7, 11) is 1.72. The third kappa shape index (κ3) is 9.20. The van der Waals surface area contributed by atoms with Crippen LogP contribution in [0.1, 0.15) is 71.4 Å². The molecule has 0 fully saturated rings. The predicted molar refractivity (Wildman–Crippen MR) is 247 cm³/mol. The Morgan fingerprint density at radius 2 is 1.56 bits per heavy atom.